The molecular weight excluding hydrogens is 212 g/mol. The van der Waals surface area contributed by atoms with Gasteiger partial charge < -0.3 is 9.84 Å². The van der Waals surface area contributed by atoms with Crippen molar-refractivity contribution < 1.29 is 14.6 Å². The Kier molecular flexibility index (Phi) is 2.68. The van der Waals surface area contributed by atoms with Gasteiger partial charge in [0.05, 0.1) is 0 Å². The van der Waals surface area contributed by atoms with Gasteiger partial charge in [-0.05, 0) is 6.07 Å². The minimum absolute atomic E-state index is 0.0820. The first-order valence-corrected chi connectivity index (χ1v) is 4.27. The Balaban J connectivity index is 2.22. The summed E-state index contributed by atoms with van der Waals surface area (Å²) in [5, 5.41) is 8.66. The van der Waals surface area contributed by atoms with E-state index in [2.05, 4.69) is 19.9 Å². The molecular formula is C9H6N4O3. The van der Waals surface area contributed by atoms with Crippen molar-refractivity contribution in [1.29, 1.82) is 0 Å². The van der Waals surface area contributed by atoms with Crippen LogP contribution in [-0.4, -0.2) is 31.0 Å². The van der Waals surface area contributed by atoms with Gasteiger partial charge in [-0.3, -0.25) is 0 Å². The van der Waals surface area contributed by atoms with Crippen LogP contribution in [0.15, 0.2) is 30.7 Å². The largest absolute Gasteiger partial charge is 0.475 e. The molecule has 2 heterocycles. The maximum atomic E-state index is 10.6. The van der Waals surface area contributed by atoms with E-state index in [1.807, 2.05) is 0 Å². The van der Waals surface area contributed by atoms with Crippen LogP contribution in [0.5, 0.6) is 11.9 Å². The standard InChI is InChI=1S/C9H6N4O3/c14-8(15)7-10-5-2-6(13-7)16-9-11-3-1-4-12-9/h1-5H,(H,14,15). The number of nitrogens with zero attached hydrogens (tertiary/aromatic N) is 4. The first-order chi connectivity index (χ1) is 7.75. The van der Waals surface area contributed by atoms with Gasteiger partial charge in [0.1, 0.15) is 0 Å². The number of carbonyl (C=O) groups is 1. The van der Waals surface area contributed by atoms with Crippen LogP contribution in [0.2, 0.25) is 0 Å². The Labute approximate surface area is 89.8 Å². The lowest BCUT2D eigenvalue weighted by atomic mass is 10.5. The molecule has 0 aliphatic heterocycles. The summed E-state index contributed by atoms with van der Waals surface area (Å²) in [5.41, 5.74) is 0. The van der Waals surface area contributed by atoms with Gasteiger partial charge in [-0.15, -0.1) is 0 Å². The van der Waals surface area contributed by atoms with Gasteiger partial charge in [-0.25, -0.2) is 19.7 Å². The fourth-order valence-electron chi connectivity index (χ4n) is 0.934. The zero-order valence-corrected chi connectivity index (χ0v) is 7.94. The number of carboxylic acids is 1. The van der Waals surface area contributed by atoms with E-state index in [0.717, 1.165) is 0 Å². The summed E-state index contributed by atoms with van der Waals surface area (Å²) in [6.07, 6.45) is 4.29. The summed E-state index contributed by atoms with van der Waals surface area (Å²) in [6, 6.07) is 3.15. The van der Waals surface area contributed by atoms with Gasteiger partial charge >= 0.3 is 12.0 Å². The molecule has 0 radical (unpaired) electrons. The number of hydrogen-bond donors (Lipinski definition) is 1. The molecule has 0 atom stereocenters. The van der Waals surface area contributed by atoms with Crippen LogP contribution in [0, 0.1) is 0 Å². The van der Waals surface area contributed by atoms with E-state index in [1.165, 1.54) is 24.7 Å². The fourth-order valence-corrected chi connectivity index (χ4v) is 0.934. The van der Waals surface area contributed by atoms with E-state index < -0.39 is 5.97 Å². The highest BCUT2D eigenvalue weighted by atomic mass is 16.5. The zero-order valence-electron chi connectivity index (χ0n) is 7.94. The number of aromatic nitrogens is 4. The number of ether oxygens (including phenoxy) is 1. The van der Waals surface area contributed by atoms with E-state index in [4.69, 9.17) is 9.84 Å². The van der Waals surface area contributed by atoms with Crippen molar-refractivity contribution in [3.8, 4) is 11.9 Å². The van der Waals surface area contributed by atoms with Crippen LogP contribution in [0.4, 0.5) is 0 Å². The molecule has 0 unspecified atom stereocenters. The summed E-state index contributed by atoms with van der Waals surface area (Å²) >= 11 is 0. The van der Waals surface area contributed by atoms with E-state index in [1.54, 1.807) is 6.07 Å². The summed E-state index contributed by atoms with van der Waals surface area (Å²) in [5.74, 6) is -1.48. The van der Waals surface area contributed by atoms with Crippen molar-refractivity contribution in [2.75, 3.05) is 0 Å². The Morgan fingerprint density at radius 2 is 1.94 bits per heavy atom. The molecule has 80 valence electrons. The minimum Gasteiger partial charge on any atom is -0.475 e. The monoisotopic (exact) mass is 218 g/mol. The third kappa shape index (κ3) is 2.27. The predicted molar refractivity (Wildman–Crippen MR) is 51.1 cm³/mol. The zero-order chi connectivity index (χ0) is 11.4. The molecule has 16 heavy (non-hydrogen) atoms. The molecule has 2 aromatic heterocycles. The molecule has 0 spiro atoms. The van der Waals surface area contributed by atoms with E-state index in [-0.39, 0.29) is 17.7 Å². The quantitative estimate of drug-likeness (QED) is 0.811. The number of carboxylic acid groups (broad SMARTS) is 1. The van der Waals surface area contributed by atoms with Gasteiger partial charge in [0, 0.05) is 24.7 Å². The summed E-state index contributed by atoms with van der Waals surface area (Å²) < 4.78 is 5.13. The van der Waals surface area contributed by atoms with Gasteiger partial charge in [0.25, 0.3) is 0 Å². The second kappa shape index (κ2) is 4.30. The molecule has 0 aromatic carbocycles. The first-order valence-electron chi connectivity index (χ1n) is 4.27. The molecule has 1 N–H and O–H groups in total. The lowest BCUT2D eigenvalue weighted by molar-refractivity contribution is 0.0682. The number of hydrogen-bond acceptors (Lipinski definition) is 6. The molecule has 0 saturated heterocycles. The topological polar surface area (TPSA) is 98.1 Å². The second-order valence-corrected chi connectivity index (χ2v) is 2.66. The minimum atomic E-state index is -1.22. The molecule has 0 amide bonds. The maximum absolute atomic E-state index is 10.6. The summed E-state index contributed by atoms with van der Waals surface area (Å²) in [6.45, 7) is 0. The Morgan fingerprint density at radius 3 is 2.62 bits per heavy atom. The summed E-state index contributed by atoms with van der Waals surface area (Å²) in [7, 11) is 0. The molecule has 2 aromatic rings. The molecule has 0 aliphatic carbocycles. The normalized spacial score (nSPS) is 9.75. The highest BCUT2D eigenvalue weighted by molar-refractivity contribution is 5.83. The molecule has 0 saturated carbocycles. The van der Waals surface area contributed by atoms with E-state index in [9.17, 15) is 4.79 Å². The fraction of sp³-hybridized carbons (Fsp3) is 0. The third-order valence-electron chi connectivity index (χ3n) is 1.56. The average Bonchev–Trinajstić information content (AvgIpc) is 2.30. The Morgan fingerprint density at radius 1 is 1.19 bits per heavy atom. The van der Waals surface area contributed by atoms with Crippen molar-refractivity contribution in [2.45, 2.75) is 0 Å². The molecule has 7 heteroatoms. The summed E-state index contributed by atoms with van der Waals surface area (Å²) in [4.78, 5) is 25.4. The van der Waals surface area contributed by atoms with Crippen molar-refractivity contribution >= 4 is 5.97 Å². The average molecular weight is 218 g/mol. The Hall–Kier alpha value is -2.57. The van der Waals surface area contributed by atoms with Crippen LogP contribution in [0.25, 0.3) is 0 Å². The van der Waals surface area contributed by atoms with E-state index >= 15 is 0 Å². The van der Waals surface area contributed by atoms with Gasteiger partial charge in [-0.1, -0.05) is 0 Å². The molecule has 7 nitrogen and oxygen atoms in total. The van der Waals surface area contributed by atoms with Crippen LogP contribution in [-0.2, 0) is 0 Å². The van der Waals surface area contributed by atoms with E-state index in [0.29, 0.717) is 0 Å². The van der Waals surface area contributed by atoms with Crippen molar-refractivity contribution in [3.63, 3.8) is 0 Å². The highest BCUT2D eigenvalue weighted by Gasteiger charge is 2.08. The predicted octanol–water partition coefficient (Wildman–Crippen LogP) is 0.757. The highest BCUT2D eigenvalue weighted by Crippen LogP contribution is 2.12. The third-order valence-corrected chi connectivity index (χ3v) is 1.56. The van der Waals surface area contributed by atoms with Crippen LogP contribution >= 0.6 is 0 Å². The lowest BCUT2D eigenvalue weighted by Crippen LogP contribution is -2.04. The first kappa shape index (κ1) is 9.97. The number of rotatable bonds is 3. The lowest BCUT2D eigenvalue weighted by Gasteiger charge is -2.01. The van der Waals surface area contributed by atoms with Crippen molar-refractivity contribution in [1.82, 2.24) is 19.9 Å². The van der Waals surface area contributed by atoms with Crippen LogP contribution in [0.1, 0.15) is 10.6 Å². The van der Waals surface area contributed by atoms with Gasteiger partial charge in [-0.2, -0.15) is 4.98 Å². The maximum Gasteiger partial charge on any atom is 0.374 e. The van der Waals surface area contributed by atoms with Crippen LogP contribution < -0.4 is 4.74 Å². The molecule has 0 fully saturated rings. The Bertz CT molecular complexity index is 503. The SMILES string of the molecule is O=C(O)c1nccc(Oc2ncccn2)n1. The second-order valence-electron chi connectivity index (χ2n) is 2.66. The van der Waals surface area contributed by atoms with Crippen molar-refractivity contribution in [3.05, 3.63) is 36.5 Å². The number of aromatic carboxylic acids is 1. The molecule has 2 rings (SSSR count). The van der Waals surface area contributed by atoms with Crippen molar-refractivity contribution in [2.24, 2.45) is 0 Å². The molecule has 0 bridgehead atoms. The van der Waals surface area contributed by atoms with Gasteiger partial charge in [0.15, 0.2) is 0 Å². The molecule has 0 aliphatic rings. The van der Waals surface area contributed by atoms with Gasteiger partial charge in [0.2, 0.25) is 11.7 Å². The smallest absolute Gasteiger partial charge is 0.374 e. The van der Waals surface area contributed by atoms with Crippen LogP contribution in [0.3, 0.4) is 0 Å².